The molecular formula is C15H10Cl2N2O3. The van der Waals surface area contributed by atoms with Crippen molar-refractivity contribution in [3.8, 4) is 17.1 Å². The number of benzene rings is 1. The lowest BCUT2D eigenvalue weighted by atomic mass is 10.1. The van der Waals surface area contributed by atoms with E-state index in [2.05, 4.69) is 5.10 Å². The molecule has 2 aromatic heterocycles. The van der Waals surface area contributed by atoms with Crippen LogP contribution in [0, 0.1) is 6.92 Å². The fourth-order valence-corrected chi connectivity index (χ4v) is 2.46. The molecule has 1 N–H and O–H groups in total. The molecule has 0 radical (unpaired) electrons. The summed E-state index contributed by atoms with van der Waals surface area (Å²) >= 11 is 11.8. The number of carbonyl (C=O) groups is 1. The molecule has 0 aliphatic carbocycles. The molecule has 7 heteroatoms. The number of aromatic nitrogens is 2. The molecule has 5 nitrogen and oxygen atoms in total. The quantitative estimate of drug-likeness (QED) is 0.767. The Kier molecular flexibility index (Phi) is 3.68. The standard InChI is InChI=1S/C15H10Cl2N2O3/c1-8-13(15(20)21)18-19(11-4-2-9(16)3-5-11)14(8)12-6-10(17)7-22-12/h2-7H,1H3,(H,20,21). The van der Waals surface area contributed by atoms with Crippen LogP contribution in [0.2, 0.25) is 10.0 Å². The highest BCUT2D eigenvalue weighted by Gasteiger charge is 2.23. The lowest BCUT2D eigenvalue weighted by molar-refractivity contribution is 0.0689. The lowest BCUT2D eigenvalue weighted by Gasteiger charge is -2.06. The molecule has 0 amide bonds. The number of carboxylic acids is 1. The van der Waals surface area contributed by atoms with Gasteiger partial charge in [0.2, 0.25) is 0 Å². The Morgan fingerprint density at radius 3 is 2.45 bits per heavy atom. The number of carboxylic acid groups (broad SMARTS) is 1. The Hall–Kier alpha value is -2.24. The van der Waals surface area contributed by atoms with Crippen LogP contribution in [0.1, 0.15) is 16.1 Å². The first-order valence-electron chi connectivity index (χ1n) is 6.30. The average Bonchev–Trinajstić information content (AvgIpc) is 3.03. The zero-order valence-electron chi connectivity index (χ0n) is 11.4. The summed E-state index contributed by atoms with van der Waals surface area (Å²) in [5.41, 5.74) is 1.65. The topological polar surface area (TPSA) is 68.3 Å². The summed E-state index contributed by atoms with van der Waals surface area (Å²) in [6, 6.07) is 8.51. The van der Waals surface area contributed by atoms with Crippen LogP contribution in [0.4, 0.5) is 0 Å². The molecule has 0 aliphatic rings. The smallest absolute Gasteiger partial charge is 0.356 e. The number of hydrogen-bond donors (Lipinski definition) is 1. The predicted octanol–water partition coefficient (Wildman–Crippen LogP) is 4.45. The van der Waals surface area contributed by atoms with Gasteiger partial charge in [0, 0.05) is 16.7 Å². The third-order valence-electron chi connectivity index (χ3n) is 3.20. The first-order chi connectivity index (χ1) is 10.5. The molecular weight excluding hydrogens is 327 g/mol. The maximum Gasteiger partial charge on any atom is 0.356 e. The molecule has 0 saturated carbocycles. The van der Waals surface area contributed by atoms with Crippen LogP contribution < -0.4 is 0 Å². The van der Waals surface area contributed by atoms with Crippen molar-refractivity contribution in [1.29, 1.82) is 0 Å². The van der Waals surface area contributed by atoms with Gasteiger partial charge in [-0.05, 0) is 31.2 Å². The van der Waals surface area contributed by atoms with Crippen molar-refractivity contribution < 1.29 is 14.3 Å². The van der Waals surface area contributed by atoms with E-state index in [1.54, 1.807) is 37.3 Å². The summed E-state index contributed by atoms with van der Waals surface area (Å²) in [6.07, 6.45) is 1.38. The van der Waals surface area contributed by atoms with Crippen LogP contribution in [0.25, 0.3) is 17.1 Å². The van der Waals surface area contributed by atoms with Gasteiger partial charge in [0.1, 0.15) is 12.0 Å². The van der Waals surface area contributed by atoms with Crippen molar-refractivity contribution in [2.45, 2.75) is 6.92 Å². The minimum atomic E-state index is -1.11. The van der Waals surface area contributed by atoms with Crippen molar-refractivity contribution in [2.24, 2.45) is 0 Å². The second-order valence-electron chi connectivity index (χ2n) is 4.64. The summed E-state index contributed by atoms with van der Waals surface area (Å²) in [6.45, 7) is 1.68. The number of hydrogen-bond acceptors (Lipinski definition) is 3. The van der Waals surface area contributed by atoms with E-state index in [-0.39, 0.29) is 5.69 Å². The van der Waals surface area contributed by atoms with E-state index >= 15 is 0 Å². The maximum absolute atomic E-state index is 11.4. The fraction of sp³-hybridized carbons (Fsp3) is 0.0667. The first kappa shape index (κ1) is 14.7. The molecule has 0 spiro atoms. The van der Waals surface area contributed by atoms with E-state index in [0.717, 1.165) is 0 Å². The van der Waals surface area contributed by atoms with Crippen LogP contribution >= 0.6 is 23.2 Å². The van der Waals surface area contributed by atoms with Gasteiger partial charge >= 0.3 is 5.97 Å². The highest BCUT2D eigenvalue weighted by Crippen LogP contribution is 2.31. The number of aromatic carboxylic acids is 1. The van der Waals surface area contributed by atoms with E-state index < -0.39 is 5.97 Å². The minimum Gasteiger partial charge on any atom is -0.476 e. The second kappa shape index (κ2) is 5.51. The van der Waals surface area contributed by atoms with Crippen molar-refractivity contribution in [3.63, 3.8) is 0 Å². The monoisotopic (exact) mass is 336 g/mol. The third-order valence-corrected chi connectivity index (χ3v) is 3.65. The molecule has 0 fully saturated rings. The third kappa shape index (κ3) is 2.49. The number of furan rings is 1. The summed E-state index contributed by atoms with van der Waals surface area (Å²) in [5, 5.41) is 14.5. The van der Waals surface area contributed by atoms with Gasteiger partial charge in [0.25, 0.3) is 0 Å². The molecule has 112 valence electrons. The van der Waals surface area contributed by atoms with Crippen molar-refractivity contribution in [1.82, 2.24) is 9.78 Å². The summed E-state index contributed by atoms with van der Waals surface area (Å²) < 4.78 is 6.90. The average molecular weight is 337 g/mol. The Bertz CT molecular complexity index is 850. The molecule has 0 aliphatic heterocycles. The van der Waals surface area contributed by atoms with E-state index in [1.807, 2.05) is 0 Å². The molecule has 2 heterocycles. The molecule has 0 atom stereocenters. The van der Waals surface area contributed by atoms with Crippen LogP contribution in [0.5, 0.6) is 0 Å². The molecule has 1 aromatic carbocycles. The Morgan fingerprint density at radius 2 is 1.91 bits per heavy atom. The minimum absolute atomic E-state index is 0.0440. The summed E-state index contributed by atoms with van der Waals surface area (Å²) in [5.74, 6) is -0.665. The van der Waals surface area contributed by atoms with Gasteiger partial charge < -0.3 is 9.52 Å². The highest BCUT2D eigenvalue weighted by atomic mass is 35.5. The van der Waals surface area contributed by atoms with E-state index in [0.29, 0.717) is 32.8 Å². The number of nitrogens with zero attached hydrogens (tertiary/aromatic N) is 2. The molecule has 3 rings (SSSR count). The Labute approximate surface area is 135 Å². The van der Waals surface area contributed by atoms with Crippen LogP contribution in [0.15, 0.2) is 41.0 Å². The largest absolute Gasteiger partial charge is 0.476 e. The molecule has 3 aromatic rings. The SMILES string of the molecule is Cc1c(C(=O)O)nn(-c2ccc(Cl)cc2)c1-c1cc(Cl)co1. The van der Waals surface area contributed by atoms with E-state index in [9.17, 15) is 9.90 Å². The summed E-state index contributed by atoms with van der Waals surface area (Å²) in [7, 11) is 0. The van der Waals surface area contributed by atoms with Crippen LogP contribution in [-0.4, -0.2) is 20.9 Å². The Morgan fingerprint density at radius 1 is 1.23 bits per heavy atom. The second-order valence-corrected chi connectivity index (χ2v) is 5.52. The van der Waals surface area contributed by atoms with Gasteiger partial charge in [0.05, 0.1) is 10.7 Å². The van der Waals surface area contributed by atoms with Gasteiger partial charge in [-0.15, -0.1) is 0 Å². The number of halogens is 2. The van der Waals surface area contributed by atoms with Gasteiger partial charge in [-0.2, -0.15) is 5.10 Å². The Balaban J connectivity index is 2.26. The normalized spacial score (nSPS) is 10.9. The zero-order valence-corrected chi connectivity index (χ0v) is 12.9. The van der Waals surface area contributed by atoms with Gasteiger partial charge in [-0.25, -0.2) is 9.48 Å². The first-order valence-corrected chi connectivity index (χ1v) is 7.06. The number of rotatable bonds is 3. The fourth-order valence-electron chi connectivity index (χ4n) is 2.19. The van der Waals surface area contributed by atoms with Crippen molar-refractivity contribution in [3.05, 3.63) is 57.9 Å². The van der Waals surface area contributed by atoms with Crippen molar-refractivity contribution in [2.75, 3.05) is 0 Å². The van der Waals surface area contributed by atoms with Gasteiger partial charge in [0.15, 0.2) is 11.5 Å². The van der Waals surface area contributed by atoms with Crippen LogP contribution in [0.3, 0.4) is 0 Å². The van der Waals surface area contributed by atoms with Gasteiger partial charge in [-0.1, -0.05) is 23.2 Å². The van der Waals surface area contributed by atoms with E-state index in [1.165, 1.54) is 10.9 Å². The summed E-state index contributed by atoms with van der Waals surface area (Å²) in [4.78, 5) is 11.4. The lowest BCUT2D eigenvalue weighted by Crippen LogP contribution is -2.02. The zero-order chi connectivity index (χ0) is 15.9. The molecule has 22 heavy (non-hydrogen) atoms. The van der Waals surface area contributed by atoms with Gasteiger partial charge in [-0.3, -0.25) is 0 Å². The molecule has 0 saturated heterocycles. The van der Waals surface area contributed by atoms with E-state index in [4.69, 9.17) is 27.6 Å². The predicted molar refractivity (Wildman–Crippen MR) is 83.0 cm³/mol. The van der Waals surface area contributed by atoms with Crippen molar-refractivity contribution >= 4 is 29.2 Å². The maximum atomic E-state index is 11.4. The van der Waals surface area contributed by atoms with Crippen LogP contribution in [-0.2, 0) is 0 Å². The highest BCUT2D eigenvalue weighted by molar-refractivity contribution is 6.31. The molecule has 0 bridgehead atoms. The molecule has 0 unspecified atom stereocenters.